The molecule has 0 aliphatic heterocycles. The Kier molecular flexibility index (Phi) is 2.85. The lowest BCUT2D eigenvalue weighted by Crippen LogP contribution is -2.01. The van der Waals surface area contributed by atoms with Crippen molar-refractivity contribution in [1.29, 1.82) is 0 Å². The van der Waals surface area contributed by atoms with Crippen LogP contribution < -0.4 is 0 Å². The van der Waals surface area contributed by atoms with Crippen molar-refractivity contribution in [3.8, 4) is 0 Å². The highest BCUT2D eigenvalue weighted by atomic mass is 16.4. The second kappa shape index (κ2) is 4.30. The maximum atomic E-state index is 10.4. The summed E-state index contributed by atoms with van der Waals surface area (Å²) < 4.78 is 1.89. The molecular formula is C11H13N3O2. The minimum atomic E-state index is -0.770. The number of rotatable bonds is 4. The third-order valence-electron chi connectivity index (χ3n) is 2.38. The van der Waals surface area contributed by atoms with Gasteiger partial charge in [0.05, 0.1) is 6.33 Å². The number of carbonyl (C=O) groups is 1. The molecule has 0 amide bonds. The molecule has 0 aliphatic rings. The Labute approximate surface area is 92.8 Å². The maximum absolute atomic E-state index is 10.4. The van der Waals surface area contributed by atoms with Gasteiger partial charge in [0.25, 0.3) is 0 Å². The summed E-state index contributed by atoms with van der Waals surface area (Å²) in [4.78, 5) is 18.9. The van der Waals surface area contributed by atoms with Crippen molar-refractivity contribution in [2.45, 2.75) is 26.3 Å². The Balaban J connectivity index is 2.15. The standard InChI is InChI=1S/C11H13N3O2/c1-8-5-9-11(12-6-8)14(7-13-9)4-2-3-10(15)16/h5-7H,2-4H2,1H3,(H,15,16). The molecular weight excluding hydrogens is 206 g/mol. The third kappa shape index (κ3) is 2.18. The van der Waals surface area contributed by atoms with Crippen molar-refractivity contribution in [3.05, 3.63) is 24.2 Å². The van der Waals surface area contributed by atoms with E-state index in [0.29, 0.717) is 13.0 Å². The van der Waals surface area contributed by atoms with E-state index in [1.54, 1.807) is 12.5 Å². The van der Waals surface area contributed by atoms with Crippen LogP contribution in [0.2, 0.25) is 0 Å². The summed E-state index contributed by atoms with van der Waals surface area (Å²) in [5.41, 5.74) is 2.74. The van der Waals surface area contributed by atoms with Crippen LogP contribution in [-0.4, -0.2) is 25.6 Å². The molecule has 0 aromatic carbocycles. The fourth-order valence-electron chi connectivity index (χ4n) is 1.61. The largest absolute Gasteiger partial charge is 0.481 e. The summed E-state index contributed by atoms with van der Waals surface area (Å²) in [6.45, 7) is 2.61. The van der Waals surface area contributed by atoms with E-state index in [4.69, 9.17) is 5.11 Å². The van der Waals surface area contributed by atoms with Crippen LogP contribution in [0.1, 0.15) is 18.4 Å². The quantitative estimate of drug-likeness (QED) is 0.848. The SMILES string of the molecule is Cc1cnc2c(c1)ncn2CCCC(=O)O. The van der Waals surface area contributed by atoms with Crippen LogP contribution in [-0.2, 0) is 11.3 Å². The van der Waals surface area contributed by atoms with Crippen LogP contribution in [0.4, 0.5) is 0 Å². The second-order valence-electron chi connectivity index (χ2n) is 3.79. The van der Waals surface area contributed by atoms with Crippen molar-refractivity contribution in [3.63, 3.8) is 0 Å². The Bertz CT molecular complexity index is 519. The number of pyridine rings is 1. The molecule has 2 aromatic heterocycles. The van der Waals surface area contributed by atoms with E-state index in [-0.39, 0.29) is 6.42 Å². The Morgan fingerprint density at radius 1 is 1.50 bits per heavy atom. The van der Waals surface area contributed by atoms with Gasteiger partial charge in [-0.15, -0.1) is 0 Å². The summed E-state index contributed by atoms with van der Waals surface area (Å²) in [5.74, 6) is -0.770. The van der Waals surface area contributed by atoms with E-state index in [1.165, 1.54) is 0 Å². The average Bonchev–Trinajstić information content (AvgIpc) is 2.60. The fourth-order valence-corrected chi connectivity index (χ4v) is 1.61. The molecule has 0 aliphatic carbocycles. The van der Waals surface area contributed by atoms with Crippen LogP contribution in [0, 0.1) is 6.92 Å². The highest BCUT2D eigenvalue weighted by molar-refractivity contribution is 5.71. The molecule has 16 heavy (non-hydrogen) atoms. The first-order valence-corrected chi connectivity index (χ1v) is 5.16. The summed E-state index contributed by atoms with van der Waals surface area (Å²) in [6, 6.07) is 1.97. The van der Waals surface area contributed by atoms with Gasteiger partial charge in [-0.2, -0.15) is 0 Å². The molecule has 2 heterocycles. The molecule has 0 saturated heterocycles. The van der Waals surface area contributed by atoms with Gasteiger partial charge in [-0.25, -0.2) is 9.97 Å². The van der Waals surface area contributed by atoms with Crippen molar-refractivity contribution >= 4 is 17.1 Å². The topological polar surface area (TPSA) is 68.0 Å². The molecule has 0 saturated carbocycles. The number of carboxylic acids is 1. The highest BCUT2D eigenvalue weighted by Crippen LogP contribution is 2.12. The van der Waals surface area contributed by atoms with E-state index in [0.717, 1.165) is 16.7 Å². The number of aromatic nitrogens is 3. The highest BCUT2D eigenvalue weighted by Gasteiger charge is 2.04. The first-order valence-electron chi connectivity index (χ1n) is 5.16. The number of hydrogen-bond acceptors (Lipinski definition) is 3. The third-order valence-corrected chi connectivity index (χ3v) is 2.38. The first kappa shape index (κ1) is 10.6. The predicted octanol–water partition coefficient (Wildman–Crippen LogP) is 1.60. The smallest absolute Gasteiger partial charge is 0.303 e. The van der Waals surface area contributed by atoms with Gasteiger partial charge in [0, 0.05) is 19.2 Å². The molecule has 0 spiro atoms. The number of imidazole rings is 1. The molecule has 0 radical (unpaired) electrons. The molecule has 0 unspecified atom stereocenters. The van der Waals surface area contributed by atoms with Gasteiger partial charge in [0.2, 0.25) is 0 Å². The number of carboxylic acid groups (broad SMARTS) is 1. The second-order valence-corrected chi connectivity index (χ2v) is 3.79. The summed E-state index contributed by atoms with van der Waals surface area (Å²) >= 11 is 0. The van der Waals surface area contributed by atoms with Crippen LogP contribution in [0.15, 0.2) is 18.6 Å². The lowest BCUT2D eigenvalue weighted by molar-refractivity contribution is -0.137. The minimum absolute atomic E-state index is 0.172. The van der Waals surface area contributed by atoms with Crippen molar-refractivity contribution < 1.29 is 9.90 Å². The molecule has 2 rings (SSSR count). The van der Waals surface area contributed by atoms with E-state index < -0.39 is 5.97 Å². The van der Waals surface area contributed by atoms with Crippen molar-refractivity contribution in [2.24, 2.45) is 0 Å². The zero-order valence-corrected chi connectivity index (χ0v) is 9.05. The summed E-state index contributed by atoms with van der Waals surface area (Å²) in [6.07, 6.45) is 4.26. The Morgan fingerprint density at radius 2 is 2.31 bits per heavy atom. The van der Waals surface area contributed by atoms with Gasteiger partial charge in [-0.3, -0.25) is 4.79 Å². The lowest BCUT2D eigenvalue weighted by atomic mass is 10.3. The lowest BCUT2D eigenvalue weighted by Gasteiger charge is -2.01. The Morgan fingerprint density at radius 3 is 3.06 bits per heavy atom. The number of aryl methyl sites for hydroxylation is 2. The molecule has 0 atom stereocenters. The average molecular weight is 219 g/mol. The monoisotopic (exact) mass is 219 g/mol. The van der Waals surface area contributed by atoms with Gasteiger partial charge in [-0.1, -0.05) is 0 Å². The predicted molar refractivity (Wildman–Crippen MR) is 59.1 cm³/mol. The normalized spacial score (nSPS) is 10.8. The van der Waals surface area contributed by atoms with Gasteiger partial charge >= 0.3 is 5.97 Å². The van der Waals surface area contributed by atoms with Gasteiger partial charge < -0.3 is 9.67 Å². The molecule has 0 fully saturated rings. The van der Waals surface area contributed by atoms with E-state index in [9.17, 15) is 4.79 Å². The fraction of sp³-hybridized carbons (Fsp3) is 0.364. The van der Waals surface area contributed by atoms with E-state index in [1.807, 2.05) is 17.6 Å². The van der Waals surface area contributed by atoms with Crippen LogP contribution in [0.25, 0.3) is 11.2 Å². The molecule has 0 bridgehead atoms. The van der Waals surface area contributed by atoms with Crippen molar-refractivity contribution in [1.82, 2.24) is 14.5 Å². The number of hydrogen-bond donors (Lipinski definition) is 1. The summed E-state index contributed by atoms with van der Waals surface area (Å²) in [5, 5.41) is 8.55. The first-order chi connectivity index (χ1) is 7.66. The van der Waals surface area contributed by atoms with Gasteiger partial charge in [-0.05, 0) is 25.0 Å². The number of aliphatic carboxylic acids is 1. The van der Waals surface area contributed by atoms with Gasteiger partial charge in [0.1, 0.15) is 5.52 Å². The molecule has 5 heteroatoms. The zero-order valence-electron chi connectivity index (χ0n) is 9.05. The van der Waals surface area contributed by atoms with Crippen LogP contribution >= 0.6 is 0 Å². The number of fused-ring (bicyclic) bond motifs is 1. The van der Waals surface area contributed by atoms with Crippen LogP contribution in [0.3, 0.4) is 0 Å². The molecule has 1 N–H and O–H groups in total. The van der Waals surface area contributed by atoms with E-state index >= 15 is 0 Å². The molecule has 84 valence electrons. The van der Waals surface area contributed by atoms with E-state index in [2.05, 4.69) is 9.97 Å². The molecule has 2 aromatic rings. The minimum Gasteiger partial charge on any atom is -0.481 e. The number of nitrogens with zero attached hydrogens (tertiary/aromatic N) is 3. The Hall–Kier alpha value is -1.91. The van der Waals surface area contributed by atoms with Gasteiger partial charge in [0.15, 0.2) is 5.65 Å². The molecule has 5 nitrogen and oxygen atoms in total. The maximum Gasteiger partial charge on any atom is 0.303 e. The van der Waals surface area contributed by atoms with Crippen molar-refractivity contribution in [2.75, 3.05) is 0 Å². The summed E-state index contributed by atoms with van der Waals surface area (Å²) in [7, 11) is 0. The zero-order chi connectivity index (χ0) is 11.5. The van der Waals surface area contributed by atoms with Crippen LogP contribution in [0.5, 0.6) is 0 Å².